The molecule has 0 spiro atoms. The summed E-state index contributed by atoms with van der Waals surface area (Å²) in [6.45, 7) is 11.0. The van der Waals surface area contributed by atoms with Crippen molar-refractivity contribution in [3.05, 3.63) is 29.8 Å². The molecule has 3 rings (SSSR count). The maximum Gasteiger partial charge on any atom is 0.410 e. The van der Waals surface area contributed by atoms with Gasteiger partial charge in [0.25, 0.3) is 10.1 Å². The van der Waals surface area contributed by atoms with E-state index in [2.05, 4.69) is 5.32 Å². The summed E-state index contributed by atoms with van der Waals surface area (Å²) in [6, 6.07) is 4.78. The highest BCUT2D eigenvalue weighted by molar-refractivity contribution is 7.99. The molecule has 8 unspecified atom stereocenters. The average Bonchev–Trinajstić information content (AvgIpc) is 2.96. The third-order valence-corrected chi connectivity index (χ3v) is 10.3. The first kappa shape index (κ1) is 37.5. The van der Waals surface area contributed by atoms with Gasteiger partial charge in [-0.1, -0.05) is 31.5 Å². The van der Waals surface area contributed by atoms with Gasteiger partial charge in [0, 0.05) is 6.54 Å². The first-order valence-electron chi connectivity index (χ1n) is 15.4. The Morgan fingerprint density at radius 3 is 2.33 bits per heavy atom. The Hall–Kier alpha value is -1.94. The number of hydrogen-bond acceptors (Lipinski definition) is 11. The first-order valence-corrected chi connectivity index (χ1v) is 18.1. The number of aliphatic hydroxyl groups is 3. The summed E-state index contributed by atoms with van der Waals surface area (Å²) in [5.41, 5.74) is -0.645. The molecule has 1 aromatic carbocycles. The fraction of sp³-hybridized carbons (Fsp3) is 0.742. The molecule has 0 aliphatic carbocycles. The topological polar surface area (TPSA) is 172 Å². The van der Waals surface area contributed by atoms with Crippen LogP contribution in [0.5, 0.6) is 0 Å². The molecule has 2 aliphatic heterocycles. The minimum Gasteiger partial charge on any atom is -0.444 e. The summed E-state index contributed by atoms with van der Waals surface area (Å²) < 4.78 is 42.0. The third kappa shape index (κ3) is 10.0. The highest BCUT2D eigenvalue weighted by atomic mass is 32.2. The molecule has 2 fully saturated rings. The van der Waals surface area contributed by atoms with Crippen molar-refractivity contribution in [2.45, 2.75) is 120 Å². The van der Waals surface area contributed by atoms with Crippen LogP contribution in [0.4, 0.5) is 4.79 Å². The summed E-state index contributed by atoms with van der Waals surface area (Å²) in [4.78, 5) is 28.6. The number of nitrogens with one attached hydrogen (secondary N) is 1. The quantitative estimate of drug-likeness (QED) is 0.201. The number of ether oxygens (including phenoxy) is 2. The van der Waals surface area contributed by atoms with Crippen molar-refractivity contribution < 1.29 is 47.0 Å². The molecule has 1 aromatic rings. The number of carbonyl (C=O) groups excluding carboxylic acids is 2. The van der Waals surface area contributed by atoms with E-state index in [1.165, 1.54) is 28.8 Å². The van der Waals surface area contributed by atoms with E-state index >= 15 is 0 Å². The molecule has 0 radical (unpaired) electrons. The van der Waals surface area contributed by atoms with Gasteiger partial charge in [-0.05, 0) is 83.6 Å². The van der Waals surface area contributed by atoms with Gasteiger partial charge < -0.3 is 30.1 Å². The van der Waals surface area contributed by atoms with E-state index in [1.807, 2.05) is 20.8 Å². The van der Waals surface area contributed by atoms with Gasteiger partial charge in [-0.15, -0.1) is 11.8 Å². The van der Waals surface area contributed by atoms with Gasteiger partial charge in [0.2, 0.25) is 5.91 Å². The van der Waals surface area contributed by atoms with Gasteiger partial charge in [-0.25, -0.2) is 4.79 Å². The van der Waals surface area contributed by atoms with Crippen LogP contribution in [0.25, 0.3) is 0 Å². The molecule has 2 heterocycles. The van der Waals surface area contributed by atoms with Crippen LogP contribution in [0.1, 0.15) is 65.9 Å². The van der Waals surface area contributed by atoms with E-state index < -0.39 is 69.7 Å². The molecule has 256 valence electrons. The maximum atomic E-state index is 13.9. The second kappa shape index (κ2) is 15.8. The lowest BCUT2D eigenvalue weighted by Gasteiger charge is -2.45. The zero-order valence-electron chi connectivity index (χ0n) is 27.2. The largest absolute Gasteiger partial charge is 0.444 e. The van der Waals surface area contributed by atoms with Gasteiger partial charge in [0.1, 0.15) is 41.5 Å². The summed E-state index contributed by atoms with van der Waals surface area (Å²) in [7, 11) is -3.89. The summed E-state index contributed by atoms with van der Waals surface area (Å²) in [5, 5.41) is 34.6. The van der Waals surface area contributed by atoms with Crippen molar-refractivity contribution in [3.8, 4) is 0 Å². The summed E-state index contributed by atoms with van der Waals surface area (Å²) in [5.74, 6) is -0.697. The predicted molar refractivity (Wildman–Crippen MR) is 170 cm³/mol. The van der Waals surface area contributed by atoms with Gasteiger partial charge >= 0.3 is 6.09 Å². The number of thioether (sulfide) groups is 1. The van der Waals surface area contributed by atoms with E-state index in [9.17, 15) is 33.3 Å². The van der Waals surface area contributed by atoms with Crippen LogP contribution in [0.15, 0.2) is 29.2 Å². The molecular formula is C31H50N2O10S2. The number of amides is 2. The van der Waals surface area contributed by atoms with E-state index in [1.54, 1.807) is 39.2 Å². The van der Waals surface area contributed by atoms with Crippen LogP contribution in [-0.2, 0) is 28.6 Å². The Bertz CT molecular complexity index is 1240. The summed E-state index contributed by atoms with van der Waals surface area (Å²) in [6.07, 6.45) is -2.22. The van der Waals surface area contributed by atoms with Crippen LogP contribution >= 0.6 is 11.8 Å². The number of piperidine rings is 1. The van der Waals surface area contributed by atoms with Crippen LogP contribution in [0.2, 0.25) is 0 Å². The normalized spacial score (nSPS) is 28.5. The minimum absolute atomic E-state index is 0.00280. The molecule has 0 bridgehead atoms. The van der Waals surface area contributed by atoms with Crippen LogP contribution < -0.4 is 5.32 Å². The molecule has 2 aliphatic rings. The van der Waals surface area contributed by atoms with Gasteiger partial charge in [0.15, 0.2) is 0 Å². The molecule has 4 N–H and O–H groups in total. The molecule has 45 heavy (non-hydrogen) atoms. The lowest BCUT2D eigenvalue weighted by atomic mass is 9.86. The Balaban J connectivity index is 1.72. The van der Waals surface area contributed by atoms with Gasteiger partial charge in [-0.2, -0.15) is 8.42 Å². The third-order valence-electron chi connectivity index (χ3n) is 8.17. The first-order chi connectivity index (χ1) is 20.9. The number of benzene rings is 1. The lowest BCUT2D eigenvalue weighted by molar-refractivity contribution is -0.208. The second-order valence-electron chi connectivity index (χ2n) is 13.3. The number of carbonyl (C=O) groups is 2. The maximum absolute atomic E-state index is 13.9. The van der Waals surface area contributed by atoms with Crippen molar-refractivity contribution in [2.24, 2.45) is 11.8 Å². The van der Waals surface area contributed by atoms with Crippen LogP contribution in [-0.4, -0.2) is 108 Å². The standard InChI is InChI=1S/C31H50N2O10S2/c1-18(2)23(27-25(35)24(34)26(36)29(42-27)44-7)32-28(37)22-17-20(14-15-33(22)30(38)43-31(4,5)6)9-8-16-41-45(39,40)21-12-10-19(3)11-13-21/h10-13,18,20,22-27,29,34-36H,8-9,14-17H2,1-7H3,(H,32,37). The number of rotatable bonds is 11. The smallest absolute Gasteiger partial charge is 0.410 e. The zero-order chi connectivity index (χ0) is 33.7. The van der Waals surface area contributed by atoms with E-state index in [4.69, 9.17) is 13.7 Å². The molecular weight excluding hydrogens is 624 g/mol. The molecule has 14 heteroatoms. The highest BCUT2D eigenvalue weighted by Gasteiger charge is 2.48. The number of hydrogen-bond donors (Lipinski definition) is 4. The highest BCUT2D eigenvalue weighted by Crippen LogP contribution is 2.32. The number of aliphatic hydroxyl groups excluding tert-OH is 3. The molecule has 0 saturated carbocycles. The van der Waals surface area contributed by atoms with Gasteiger partial charge in [0.05, 0.1) is 17.5 Å². The molecule has 8 atom stereocenters. The lowest BCUT2D eigenvalue weighted by Crippen LogP contribution is -2.65. The van der Waals surface area contributed by atoms with Crippen molar-refractivity contribution in [1.82, 2.24) is 10.2 Å². The Kier molecular flexibility index (Phi) is 13.1. The number of likely N-dealkylation sites (tertiary alicyclic amines) is 1. The van der Waals surface area contributed by atoms with Crippen molar-refractivity contribution >= 4 is 33.9 Å². The van der Waals surface area contributed by atoms with Crippen molar-refractivity contribution in [3.63, 3.8) is 0 Å². The second-order valence-corrected chi connectivity index (χ2v) is 15.8. The molecule has 0 aromatic heterocycles. The SMILES string of the molecule is CSC1OC(C(NC(=O)C2CC(CCCOS(=O)(=O)c3ccc(C)cc3)CCN2C(=O)OC(C)(C)C)C(C)C)C(O)C(O)C1O. The van der Waals surface area contributed by atoms with E-state index in [-0.39, 0.29) is 29.9 Å². The Labute approximate surface area is 271 Å². The Morgan fingerprint density at radius 2 is 1.76 bits per heavy atom. The van der Waals surface area contributed by atoms with E-state index in [0.29, 0.717) is 25.7 Å². The summed E-state index contributed by atoms with van der Waals surface area (Å²) >= 11 is 1.19. The monoisotopic (exact) mass is 674 g/mol. The van der Waals surface area contributed by atoms with Gasteiger partial charge in [-0.3, -0.25) is 13.9 Å². The molecule has 2 amide bonds. The van der Waals surface area contributed by atoms with E-state index in [0.717, 1.165) is 5.56 Å². The molecule has 2 saturated heterocycles. The molecule has 12 nitrogen and oxygen atoms in total. The fourth-order valence-electron chi connectivity index (χ4n) is 5.66. The van der Waals surface area contributed by atoms with Crippen molar-refractivity contribution in [1.29, 1.82) is 0 Å². The van der Waals surface area contributed by atoms with Crippen molar-refractivity contribution in [2.75, 3.05) is 19.4 Å². The predicted octanol–water partition coefficient (Wildman–Crippen LogP) is 2.81. The fourth-order valence-corrected chi connectivity index (χ4v) is 7.28. The zero-order valence-corrected chi connectivity index (χ0v) is 28.8. The minimum atomic E-state index is -3.89. The van der Waals surface area contributed by atoms with Crippen LogP contribution in [0, 0.1) is 18.8 Å². The number of nitrogens with zero attached hydrogens (tertiary/aromatic N) is 1. The average molecular weight is 675 g/mol. The Morgan fingerprint density at radius 1 is 1.11 bits per heavy atom. The number of aryl methyl sites for hydroxylation is 1. The van der Waals surface area contributed by atoms with Crippen LogP contribution in [0.3, 0.4) is 0 Å².